The predicted molar refractivity (Wildman–Crippen MR) is 117 cm³/mol. The Kier molecular flexibility index (Phi) is 5.52. The first-order valence-electron chi connectivity index (χ1n) is 10.8. The maximum absolute atomic E-state index is 12.7. The number of hydrogen-bond acceptors (Lipinski definition) is 8. The summed E-state index contributed by atoms with van der Waals surface area (Å²) in [4.78, 5) is 17.3. The molecule has 0 spiro atoms. The molecule has 12 heteroatoms. The van der Waals surface area contributed by atoms with Gasteiger partial charge in [-0.2, -0.15) is 22.8 Å². The molecule has 174 valence electrons. The smallest absolute Gasteiger partial charge is 0.368 e. The van der Waals surface area contributed by atoms with Crippen molar-refractivity contribution in [2.45, 2.75) is 19.0 Å². The third-order valence-electron chi connectivity index (χ3n) is 5.84. The first-order chi connectivity index (χ1) is 15.8. The fourth-order valence-corrected chi connectivity index (χ4v) is 3.83. The van der Waals surface area contributed by atoms with E-state index >= 15 is 0 Å². The minimum Gasteiger partial charge on any atom is -0.368 e. The molecule has 3 N–H and O–H groups in total. The molecule has 1 saturated heterocycles. The molecule has 0 aromatic carbocycles. The SMILES string of the molecule is Nc1nc(Nc2ccc(N3CCN(CC4CC4)CC3)nc2)nn1-c1ccc(C(F)(F)F)cn1. The molecular formula is C21H24F3N9. The first-order valence-corrected chi connectivity index (χ1v) is 10.8. The average molecular weight is 459 g/mol. The van der Waals surface area contributed by atoms with E-state index in [2.05, 4.69) is 35.2 Å². The van der Waals surface area contributed by atoms with Crippen molar-refractivity contribution in [3.8, 4) is 5.82 Å². The van der Waals surface area contributed by atoms with Crippen LogP contribution in [0.2, 0.25) is 0 Å². The van der Waals surface area contributed by atoms with Gasteiger partial charge >= 0.3 is 6.18 Å². The predicted octanol–water partition coefficient (Wildman–Crippen LogP) is 2.93. The van der Waals surface area contributed by atoms with Crippen LogP contribution >= 0.6 is 0 Å². The van der Waals surface area contributed by atoms with Crippen LogP contribution in [0.5, 0.6) is 0 Å². The Balaban J connectivity index is 1.21. The Morgan fingerprint density at radius 2 is 1.70 bits per heavy atom. The number of hydrogen-bond donors (Lipinski definition) is 2. The monoisotopic (exact) mass is 459 g/mol. The highest BCUT2D eigenvalue weighted by molar-refractivity contribution is 5.56. The first kappa shape index (κ1) is 21.4. The zero-order valence-electron chi connectivity index (χ0n) is 17.8. The summed E-state index contributed by atoms with van der Waals surface area (Å²) in [5.41, 5.74) is 5.70. The van der Waals surface area contributed by atoms with Crippen molar-refractivity contribution >= 4 is 23.4 Å². The second kappa shape index (κ2) is 8.50. The molecule has 0 radical (unpaired) electrons. The molecule has 1 aliphatic heterocycles. The molecule has 1 aliphatic carbocycles. The molecule has 33 heavy (non-hydrogen) atoms. The number of nitrogens with one attached hydrogen (secondary N) is 1. The maximum atomic E-state index is 12.7. The van der Waals surface area contributed by atoms with Crippen molar-refractivity contribution in [1.29, 1.82) is 0 Å². The number of nitrogen functional groups attached to an aromatic ring is 1. The van der Waals surface area contributed by atoms with E-state index in [0.29, 0.717) is 5.69 Å². The molecule has 3 aromatic heterocycles. The molecule has 2 fully saturated rings. The number of rotatable bonds is 6. The second-order valence-corrected chi connectivity index (χ2v) is 8.37. The molecule has 0 bridgehead atoms. The van der Waals surface area contributed by atoms with E-state index in [0.717, 1.165) is 50.2 Å². The summed E-state index contributed by atoms with van der Waals surface area (Å²) in [6.07, 6.45) is 0.707. The Labute approximate surface area is 188 Å². The number of halogens is 3. The summed E-state index contributed by atoms with van der Waals surface area (Å²) in [6, 6.07) is 5.94. The summed E-state index contributed by atoms with van der Waals surface area (Å²) in [6.45, 7) is 5.23. The standard InChI is InChI=1S/C21H24F3N9/c22-21(23,24)15-3-5-18(26-11-15)33-19(25)29-20(30-33)28-16-4-6-17(27-12-16)32-9-7-31(8-10-32)13-14-1-2-14/h3-6,11-12,14H,1-2,7-10,13H2,(H3,25,28,29,30). The van der Waals surface area contributed by atoms with Gasteiger partial charge in [-0.05, 0) is 43.0 Å². The molecule has 9 nitrogen and oxygen atoms in total. The highest BCUT2D eigenvalue weighted by Crippen LogP contribution is 2.30. The van der Waals surface area contributed by atoms with Crippen molar-refractivity contribution in [3.05, 3.63) is 42.2 Å². The number of alkyl halides is 3. The molecular weight excluding hydrogens is 435 g/mol. The average Bonchev–Trinajstić information content (AvgIpc) is 3.54. The Bertz CT molecular complexity index is 1080. The number of anilines is 4. The summed E-state index contributed by atoms with van der Waals surface area (Å²) >= 11 is 0. The second-order valence-electron chi connectivity index (χ2n) is 8.37. The molecule has 3 aromatic rings. The lowest BCUT2D eigenvalue weighted by molar-refractivity contribution is -0.137. The number of nitrogens with two attached hydrogens (primary N) is 1. The van der Waals surface area contributed by atoms with Crippen LogP contribution in [0, 0.1) is 5.92 Å². The highest BCUT2D eigenvalue weighted by atomic mass is 19.4. The number of aromatic nitrogens is 5. The van der Waals surface area contributed by atoms with Gasteiger partial charge in [0.15, 0.2) is 5.82 Å². The lowest BCUT2D eigenvalue weighted by Crippen LogP contribution is -2.47. The van der Waals surface area contributed by atoms with Crippen LogP contribution in [0.4, 0.5) is 36.6 Å². The minimum absolute atomic E-state index is 0.00148. The van der Waals surface area contributed by atoms with E-state index in [-0.39, 0.29) is 17.7 Å². The van der Waals surface area contributed by atoms with Crippen LogP contribution in [0.1, 0.15) is 18.4 Å². The largest absolute Gasteiger partial charge is 0.417 e. The van der Waals surface area contributed by atoms with Crippen molar-refractivity contribution < 1.29 is 13.2 Å². The zero-order valence-corrected chi connectivity index (χ0v) is 17.8. The van der Waals surface area contributed by atoms with Gasteiger partial charge in [0.1, 0.15) is 5.82 Å². The van der Waals surface area contributed by atoms with Gasteiger partial charge in [0.25, 0.3) is 0 Å². The van der Waals surface area contributed by atoms with Gasteiger partial charge in [-0.1, -0.05) is 0 Å². The van der Waals surface area contributed by atoms with Crippen LogP contribution in [-0.2, 0) is 6.18 Å². The number of piperazine rings is 1. The topological polar surface area (TPSA) is 101 Å². The Morgan fingerprint density at radius 1 is 0.970 bits per heavy atom. The van der Waals surface area contributed by atoms with Crippen molar-refractivity contribution in [2.75, 3.05) is 48.7 Å². The molecule has 0 amide bonds. The summed E-state index contributed by atoms with van der Waals surface area (Å²) in [7, 11) is 0. The quantitative estimate of drug-likeness (QED) is 0.580. The summed E-state index contributed by atoms with van der Waals surface area (Å²) in [5, 5.41) is 7.21. The van der Waals surface area contributed by atoms with Crippen LogP contribution < -0.4 is 16.0 Å². The molecule has 2 aliphatic rings. The Hall–Kier alpha value is -3.41. The third kappa shape index (κ3) is 5.00. The minimum atomic E-state index is -4.46. The van der Waals surface area contributed by atoms with Gasteiger partial charge in [-0.3, -0.25) is 4.90 Å². The fraction of sp³-hybridized carbons (Fsp3) is 0.429. The van der Waals surface area contributed by atoms with Gasteiger partial charge in [0.05, 0.1) is 17.4 Å². The van der Waals surface area contributed by atoms with Gasteiger partial charge in [-0.25, -0.2) is 9.97 Å². The van der Waals surface area contributed by atoms with Crippen LogP contribution in [0.3, 0.4) is 0 Å². The molecule has 0 unspecified atom stereocenters. The summed E-state index contributed by atoms with van der Waals surface area (Å²) < 4.78 is 39.4. The number of nitrogens with zero attached hydrogens (tertiary/aromatic N) is 7. The Morgan fingerprint density at radius 3 is 2.30 bits per heavy atom. The van der Waals surface area contributed by atoms with Crippen molar-refractivity contribution in [3.63, 3.8) is 0 Å². The molecule has 5 rings (SSSR count). The van der Waals surface area contributed by atoms with E-state index in [4.69, 9.17) is 5.73 Å². The van der Waals surface area contributed by atoms with E-state index in [1.165, 1.54) is 30.1 Å². The fourth-order valence-electron chi connectivity index (χ4n) is 3.83. The van der Waals surface area contributed by atoms with Crippen molar-refractivity contribution in [1.82, 2.24) is 29.6 Å². The van der Waals surface area contributed by atoms with Gasteiger partial charge in [-0.15, -0.1) is 5.10 Å². The lowest BCUT2D eigenvalue weighted by atomic mass is 10.2. The van der Waals surface area contributed by atoms with E-state index in [9.17, 15) is 13.2 Å². The maximum Gasteiger partial charge on any atom is 0.417 e. The van der Waals surface area contributed by atoms with E-state index in [1.807, 2.05) is 12.1 Å². The van der Waals surface area contributed by atoms with Gasteiger partial charge in [0, 0.05) is 38.9 Å². The summed E-state index contributed by atoms with van der Waals surface area (Å²) in [5.74, 6) is 2.14. The lowest BCUT2D eigenvalue weighted by Gasteiger charge is -2.35. The zero-order chi connectivity index (χ0) is 23.0. The van der Waals surface area contributed by atoms with Crippen LogP contribution in [0.15, 0.2) is 36.7 Å². The van der Waals surface area contributed by atoms with Crippen LogP contribution in [-0.4, -0.2) is 62.4 Å². The van der Waals surface area contributed by atoms with E-state index < -0.39 is 11.7 Å². The van der Waals surface area contributed by atoms with Gasteiger partial charge in [0.2, 0.25) is 11.9 Å². The molecule has 4 heterocycles. The third-order valence-corrected chi connectivity index (χ3v) is 5.84. The van der Waals surface area contributed by atoms with Crippen LogP contribution in [0.25, 0.3) is 5.82 Å². The molecule has 0 atom stereocenters. The normalized spacial score (nSPS) is 17.4. The number of pyridine rings is 2. The van der Waals surface area contributed by atoms with E-state index in [1.54, 1.807) is 6.20 Å². The molecule has 1 saturated carbocycles. The highest BCUT2D eigenvalue weighted by Gasteiger charge is 2.31. The van der Waals surface area contributed by atoms with Gasteiger partial charge < -0.3 is 16.0 Å². The van der Waals surface area contributed by atoms with Crippen molar-refractivity contribution in [2.24, 2.45) is 5.92 Å².